The highest BCUT2D eigenvalue weighted by molar-refractivity contribution is 6.06. The van der Waals surface area contributed by atoms with Crippen molar-refractivity contribution in [1.29, 1.82) is 0 Å². The van der Waals surface area contributed by atoms with E-state index in [2.05, 4.69) is 45.6 Å². The Balaban J connectivity index is 1.13. The second-order valence-electron chi connectivity index (χ2n) is 13.6. The molecule has 4 aliphatic rings. The lowest BCUT2D eigenvalue weighted by Crippen LogP contribution is -2.68. The standard InChI is InChI=1S/C36H38F2N6O6/c1-21-36(19-47-20-36)48-14-13-43(21)26-15-23(8-7-22-9-11-42(2)12-10-22)17-39-34(26)49-24-16-27(35(45)46)44(18-24)33-30-29(40-32(41-33)31(37)38)25-5-3-4-6-28(25)50-30/h3-6,15,17,21-22,24,27,31H,9-14,16,18-20H2,1-2H3,(H,45,46)/t21-,24-,27-/m0/s1. The van der Waals surface area contributed by atoms with E-state index in [1.165, 1.54) is 4.90 Å². The maximum Gasteiger partial charge on any atom is 0.326 e. The number of furan rings is 1. The molecular formula is C36H38F2N6O6. The molecule has 4 aromatic rings. The van der Waals surface area contributed by atoms with Crippen molar-refractivity contribution < 1.29 is 37.3 Å². The van der Waals surface area contributed by atoms with Crippen LogP contribution in [0.3, 0.4) is 0 Å². The van der Waals surface area contributed by atoms with Crippen molar-refractivity contribution in [1.82, 2.24) is 19.9 Å². The fourth-order valence-corrected chi connectivity index (χ4v) is 7.44. The number of carboxylic acids is 1. The predicted molar refractivity (Wildman–Crippen MR) is 180 cm³/mol. The third-order valence-corrected chi connectivity index (χ3v) is 10.4. The second-order valence-corrected chi connectivity index (χ2v) is 13.6. The summed E-state index contributed by atoms with van der Waals surface area (Å²) in [5.74, 6) is 5.57. The van der Waals surface area contributed by atoms with Gasteiger partial charge < -0.3 is 38.4 Å². The average molecular weight is 689 g/mol. The van der Waals surface area contributed by atoms with E-state index in [0.717, 1.165) is 37.2 Å². The number of para-hydroxylation sites is 1. The third-order valence-electron chi connectivity index (χ3n) is 10.4. The minimum Gasteiger partial charge on any atom is -0.480 e. The summed E-state index contributed by atoms with van der Waals surface area (Å²) in [6.07, 6.45) is 0.135. The lowest BCUT2D eigenvalue weighted by atomic mass is 9.90. The number of pyridine rings is 1. The van der Waals surface area contributed by atoms with Crippen molar-refractivity contribution in [2.24, 2.45) is 5.92 Å². The van der Waals surface area contributed by atoms with Gasteiger partial charge in [0, 0.05) is 36.0 Å². The zero-order valence-electron chi connectivity index (χ0n) is 27.8. The topological polar surface area (TPSA) is 127 Å². The Bertz CT molecular complexity index is 1980. The summed E-state index contributed by atoms with van der Waals surface area (Å²) in [6.45, 7) is 6.21. The summed E-state index contributed by atoms with van der Waals surface area (Å²) in [6, 6.07) is 7.74. The van der Waals surface area contributed by atoms with Crippen LogP contribution in [-0.4, -0.2) is 108 Å². The first-order chi connectivity index (χ1) is 24.2. The van der Waals surface area contributed by atoms with E-state index < -0.39 is 36.0 Å². The van der Waals surface area contributed by atoms with Crippen molar-refractivity contribution in [2.45, 2.75) is 56.4 Å². The van der Waals surface area contributed by atoms with Crippen LogP contribution >= 0.6 is 0 Å². The van der Waals surface area contributed by atoms with Crippen molar-refractivity contribution in [3.63, 3.8) is 0 Å². The molecule has 0 saturated carbocycles. The van der Waals surface area contributed by atoms with Gasteiger partial charge in [-0.2, -0.15) is 0 Å². The number of aliphatic carboxylic acids is 1. The number of ether oxygens (including phenoxy) is 3. The number of piperidine rings is 1. The zero-order valence-corrected chi connectivity index (χ0v) is 27.8. The van der Waals surface area contributed by atoms with E-state index in [9.17, 15) is 18.7 Å². The van der Waals surface area contributed by atoms with E-state index in [0.29, 0.717) is 49.1 Å². The SMILES string of the molecule is C[C@@H]1N(c2cc(C#CC3CCN(C)CC3)cnc2O[C@H]2C[C@@H](C(=O)O)N(c3nc(C(F)F)nc4c3oc3ccccc34)C2)CCOC12COC2. The highest BCUT2D eigenvalue weighted by Crippen LogP contribution is 2.41. The van der Waals surface area contributed by atoms with Gasteiger partial charge in [-0.05, 0) is 58.1 Å². The highest BCUT2D eigenvalue weighted by atomic mass is 19.3. The second kappa shape index (κ2) is 12.9. The first kappa shape index (κ1) is 32.6. The van der Waals surface area contributed by atoms with Crippen LogP contribution in [-0.2, 0) is 14.3 Å². The largest absolute Gasteiger partial charge is 0.480 e. The Morgan fingerprint density at radius 3 is 2.68 bits per heavy atom. The fourth-order valence-electron chi connectivity index (χ4n) is 7.44. The number of hydrogen-bond acceptors (Lipinski definition) is 11. The number of benzene rings is 1. The van der Waals surface area contributed by atoms with Gasteiger partial charge in [0.15, 0.2) is 17.2 Å². The van der Waals surface area contributed by atoms with Gasteiger partial charge in [0.2, 0.25) is 5.88 Å². The Morgan fingerprint density at radius 1 is 1.14 bits per heavy atom. The number of alkyl halides is 2. The highest BCUT2D eigenvalue weighted by Gasteiger charge is 2.50. The number of rotatable bonds is 6. The molecule has 3 atom stereocenters. The van der Waals surface area contributed by atoms with Crippen molar-refractivity contribution >= 4 is 39.5 Å². The molecule has 4 saturated heterocycles. The molecule has 14 heteroatoms. The number of nitrogens with zero attached hydrogens (tertiary/aromatic N) is 6. The lowest BCUT2D eigenvalue weighted by Gasteiger charge is -2.53. The summed E-state index contributed by atoms with van der Waals surface area (Å²) in [5.41, 5.74) is 1.82. The van der Waals surface area contributed by atoms with Gasteiger partial charge in [0.25, 0.3) is 6.43 Å². The first-order valence-corrected chi connectivity index (χ1v) is 17.0. The number of likely N-dealkylation sites (tertiary alicyclic amines) is 1. The molecule has 3 aromatic heterocycles. The number of morpholine rings is 1. The van der Waals surface area contributed by atoms with E-state index in [1.54, 1.807) is 30.5 Å². The molecule has 4 aliphatic heterocycles. The summed E-state index contributed by atoms with van der Waals surface area (Å²) < 4.78 is 52.5. The number of hydrogen-bond donors (Lipinski definition) is 1. The molecule has 262 valence electrons. The molecule has 1 spiro atoms. The maximum absolute atomic E-state index is 14.1. The monoisotopic (exact) mass is 688 g/mol. The average Bonchev–Trinajstić information content (AvgIpc) is 3.69. The number of fused-ring (bicyclic) bond motifs is 3. The molecule has 0 bridgehead atoms. The normalized spacial score (nSPS) is 24.1. The number of carbonyl (C=O) groups is 1. The molecule has 0 aliphatic carbocycles. The van der Waals surface area contributed by atoms with Gasteiger partial charge in [0.1, 0.15) is 34.5 Å². The van der Waals surface area contributed by atoms with Crippen LogP contribution in [0.1, 0.15) is 44.0 Å². The quantitative estimate of drug-likeness (QED) is 0.287. The molecule has 4 fully saturated rings. The van der Waals surface area contributed by atoms with Crippen LogP contribution in [0.5, 0.6) is 5.88 Å². The van der Waals surface area contributed by atoms with E-state index in [1.807, 2.05) is 6.07 Å². The van der Waals surface area contributed by atoms with Crippen LogP contribution in [0, 0.1) is 17.8 Å². The van der Waals surface area contributed by atoms with Crippen LogP contribution in [0.25, 0.3) is 22.1 Å². The minimum atomic E-state index is -2.97. The molecule has 8 rings (SSSR count). The number of anilines is 2. The van der Waals surface area contributed by atoms with Gasteiger partial charge in [-0.15, -0.1) is 0 Å². The van der Waals surface area contributed by atoms with Crippen molar-refractivity contribution in [3.8, 4) is 17.7 Å². The van der Waals surface area contributed by atoms with Crippen molar-refractivity contribution in [3.05, 3.63) is 47.9 Å². The van der Waals surface area contributed by atoms with Crippen LogP contribution in [0.4, 0.5) is 20.3 Å². The summed E-state index contributed by atoms with van der Waals surface area (Å²) >= 11 is 0. The minimum absolute atomic E-state index is 0.0126. The van der Waals surface area contributed by atoms with Crippen LogP contribution < -0.4 is 14.5 Å². The molecule has 1 aromatic carbocycles. The Morgan fingerprint density at radius 2 is 1.94 bits per heavy atom. The lowest BCUT2D eigenvalue weighted by molar-refractivity contribution is -0.228. The van der Waals surface area contributed by atoms with Gasteiger partial charge in [-0.25, -0.2) is 28.5 Å². The Kier molecular flexibility index (Phi) is 8.45. The maximum atomic E-state index is 14.1. The van der Waals surface area contributed by atoms with E-state index in [4.69, 9.17) is 23.6 Å². The zero-order chi connectivity index (χ0) is 34.6. The van der Waals surface area contributed by atoms with Crippen molar-refractivity contribution in [2.75, 3.05) is 62.8 Å². The number of halogens is 2. The summed E-state index contributed by atoms with van der Waals surface area (Å²) in [4.78, 5) is 31.6. The van der Waals surface area contributed by atoms with Gasteiger partial charge >= 0.3 is 5.97 Å². The molecule has 7 heterocycles. The van der Waals surface area contributed by atoms with E-state index in [-0.39, 0.29) is 35.9 Å². The van der Waals surface area contributed by atoms with Crippen LogP contribution in [0.2, 0.25) is 0 Å². The Labute approximate surface area is 287 Å². The number of carboxylic acid groups (broad SMARTS) is 1. The smallest absolute Gasteiger partial charge is 0.326 e. The van der Waals surface area contributed by atoms with Gasteiger partial charge in [-0.3, -0.25) is 0 Å². The predicted octanol–water partition coefficient (Wildman–Crippen LogP) is 4.51. The molecule has 0 amide bonds. The third kappa shape index (κ3) is 5.87. The molecule has 0 radical (unpaired) electrons. The summed E-state index contributed by atoms with van der Waals surface area (Å²) in [5, 5.41) is 10.9. The Hall–Kier alpha value is -4.58. The number of aromatic nitrogens is 3. The molecule has 12 nitrogen and oxygen atoms in total. The fraction of sp³-hybridized carbons (Fsp3) is 0.500. The van der Waals surface area contributed by atoms with Crippen LogP contribution in [0.15, 0.2) is 40.9 Å². The molecular weight excluding hydrogens is 650 g/mol. The van der Waals surface area contributed by atoms with Gasteiger partial charge in [0.05, 0.1) is 32.4 Å². The molecule has 50 heavy (non-hydrogen) atoms. The molecule has 1 N–H and O–H groups in total. The summed E-state index contributed by atoms with van der Waals surface area (Å²) in [7, 11) is 2.12. The first-order valence-electron chi connectivity index (χ1n) is 17.0. The molecule has 0 unspecified atom stereocenters. The van der Waals surface area contributed by atoms with Gasteiger partial charge in [-0.1, -0.05) is 24.0 Å². The van der Waals surface area contributed by atoms with E-state index >= 15 is 0 Å².